The first-order valence-corrected chi connectivity index (χ1v) is 7.16. The predicted molar refractivity (Wildman–Crippen MR) is 81.9 cm³/mol. The number of benzene rings is 1. The van der Waals surface area contributed by atoms with Crippen LogP contribution in [-0.4, -0.2) is 24.2 Å². The lowest BCUT2D eigenvalue weighted by Gasteiger charge is -2.09. The Hall–Kier alpha value is -1.04. The van der Waals surface area contributed by atoms with Crippen molar-refractivity contribution in [1.29, 1.82) is 0 Å². The molecular weight excluding hydrogens is 303 g/mol. The van der Waals surface area contributed by atoms with Crippen molar-refractivity contribution in [2.24, 2.45) is 0 Å². The van der Waals surface area contributed by atoms with Gasteiger partial charge in [0.25, 0.3) is 5.69 Å². The van der Waals surface area contributed by atoms with Crippen molar-refractivity contribution in [2.75, 3.05) is 18.5 Å². The first-order chi connectivity index (χ1) is 9.41. The summed E-state index contributed by atoms with van der Waals surface area (Å²) in [6.07, 6.45) is 1.96. The molecule has 0 unspecified atom stereocenters. The van der Waals surface area contributed by atoms with Crippen molar-refractivity contribution in [1.82, 2.24) is 0 Å². The minimum atomic E-state index is -0.480. The van der Waals surface area contributed by atoms with Gasteiger partial charge >= 0.3 is 0 Å². The van der Waals surface area contributed by atoms with Crippen LogP contribution in [0, 0.1) is 10.1 Å². The third kappa shape index (κ3) is 5.53. The summed E-state index contributed by atoms with van der Waals surface area (Å²) in [5.74, 6) is 0. The molecule has 1 aromatic carbocycles. The van der Waals surface area contributed by atoms with E-state index in [2.05, 4.69) is 5.32 Å². The van der Waals surface area contributed by atoms with Crippen molar-refractivity contribution in [3.05, 3.63) is 32.3 Å². The number of anilines is 1. The summed E-state index contributed by atoms with van der Waals surface area (Å²) in [6, 6.07) is 2.74. The molecule has 112 valence electrons. The molecule has 0 saturated heterocycles. The summed E-state index contributed by atoms with van der Waals surface area (Å²) in [7, 11) is 0. The number of rotatable bonds is 8. The Morgan fingerprint density at radius 3 is 2.55 bits per heavy atom. The van der Waals surface area contributed by atoms with Gasteiger partial charge in [-0.05, 0) is 32.8 Å². The normalized spacial score (nSPS) is 10.8. The Labute approximate surface area is 128 Å². The van der Waals surface area contributed by atoms with Crippen LogP contribution in [0.2, 0.25) is 10.0 Å². The van der Waals surface area contributed by atoms with Crippen molar-refractivity contribution < 1.29 is 9.66 Å². The van der Waals surface area contributed by atoms with Crippen molar-refractivity contribution in [3.8, 4) is 0 Å². The quantitative estimate of drug-likeness (QED) is 0.434. The number of hydrogen-bond donors (Lipinski definition) is 1. The minimum Gasteiger partial charge on any atom is -0.379 e. The molecular formula is C13H18Cl2N2O3. The summed E-state index contributed by atoms with van der Waals surface area (Å²) in [6.45, 7) is 5.26. The topological polar surface area (TPSA) is 64.4 Å². The Balaban J connectivity index is 2.51. The molecule has 0 bridgehead atoms. The fraction of sp³-hybridized carbons (Fsp3) is 0.538. The van der Waals surface area contributed by atoms with E-state index < -0.39 is 4.92 Å². The van der Waals surface area contributed by atoms with E-state index in [0.717, 1.165) is 12.8 Å². The van der Waals surface area contributed by atoms with Crippen LogP contribution in [0.1, 0.15) is 26.7 Å². The lowest BCUT2D eigenvalue weighted by Crippen LogP contribution is -2.08. The molecule has 0 heterocycles. The number of hydrogen-bond acceptors (Lipinski definition) is 4. The van der Waals surface area contributed by atoms with E-state index in [0.29, 0.717) is 23.9 Å². The first kappa shape index (κ1) is 17.0. The highest BCUT2D eigenvalue weighted by atomic mass is 35.5. The molecule has 0 saturated carbocycles. The Kier molecular flexibility index (Phi) is 7.05. The molecule has 0 aliphatic rings. The van der Waals surface area contributed by atoms with Crippen LogP contribution in [0.5, 0.6) is 0 Å². The summed E-state index contributed by atoms with van der Waals surface area (Å²) < 4.78 is 5.42. The molecule has 1 N–H and O–H groups in total. The Bertz CT molecular complexity index is 467. The zero-order chi connectivity index (χ0) is 15.1. The van der Waals surface area contributed by atoms with Gasteiger partial charge in [0.1, 0.15) is 5.69 Å². The molecule has 1 rings (SSSR count). The van der Waals surface area contributed by atoms with Crippen LogP contribution in [0.4, 0.5) is 11.4 Å². The average molecular weight is 321 g/mol. The fourth-order valence-electron chi connectivity index (χ4n) is 1.60. The van der Waals surface area contributed by atoms with Gasteiger partial charge in [-0.25, -0.2) is 0 Å². The first-order valence-electron chi connectivity index (χ1n) is 6.40. The van der Waals surface area contributed by atoms with Crippen LogP contribution in [-0.2, 0) is 4.74 Å². The molecule has 0 spiro atoms. The van der Waals surface area contributed by atoms with E-state index in [4.69, 9.17) is 27.9 Å². The molecule has 5 nitrogen and oxygen atoms in total. The number of unbranched alkanes of at least 4 members (excludes halogenated alkanes) is 1. The van der Waals surface area contributed by atoms with Crippen LogP contribution in [0.3, 0.4) is 0 Å². The van der Waals surface area contributed by atoms with Crippen molar-refractivity contribution >= 4 is 34.6 Å². The van der Waals surface area contributed by atoms with Gasteiger partial charge in [-0.3, -0.25) is 10.1 Å². The smallest absolute Gasteiger partial charge is 0.293 e. The van der Waals surface area contributed by atoms with Gasteiger partial charge in [-0.2, -0.15) is 0 Å². The van der Waals surface area contributed by atoms with E-state index in [-0.39, 0.29) is 16.8 Å². The molecule has 0 fully saturated rings. The molecule has 0 amide bonds. The number of nitro benzene ring substituents is 1. The van der Waals surface area contributed by atoms with E-state index >= 15 is 0 Å². The molecule has 0 aromatic heterocycles. The second-order valence-corrected chi connectivity index (χ2v) is 5.41. The number of nitrogens with zero attached hydrogens (tertiary/aromatic N) is 1. The van der Waals surface area contributed by atoms with E-state index in [1.54, 1.807) is 0 Å². The second kappa shape index (κ2) is 8.29. The van der Waals surface area contributed by atoms with Gasteiger partial charge in [0.05, 0.1) is 21.1 Å². The fourth-order valence-corrected chi connectivity index (χ4v) is 1.92. The van der Waals surface area contributed by atoms with E-state index in [1.807, 2.05) is 13.8 Å². The third-order valence-corrected chi connectivity index (χ3v) is 3.30. The van der Waals surface area contributed by atoms with Crippen LogP contribution >= 0.6 is 23.2 Å². The minimum absolute atomic E-state index is 0.0715. The lowest BCUT2D eigenvalue weighted by atomic mass is 10.2. The van der Waals surface area contributed by atoms with Crippen molar-refractivity contribution in [2.45, 2.75) is 32.8 Å². The number of ether oxygens (including phenoxy) is 1. The van der Waals surface area contributed by atoms with Gasteiger partial charge in [-0.1, -0.05) is 23.2 Å². The highest BCUT2D eigenvalue weighted by molar-refractivity contribution is 6.42. The maximum Gasteiger partial charge on any atom is 0.293 e. The van der Waals surface area contributed by atoms with E-state index in [1.165, 1.54) is 12.1 Å². The summed E-state index contributed by atoms with van der Waals surface area (Å²) in [4.78, 5) is 10.5. The number of nitro groups is 1. The van der Waals surface area contributed by atoms with Gasteiger partial charge in [0.15, 0.2) is 0 Å². The summed E-state index contributed by atoms with van der Waals surface area (Å²) in [5, 5.41) is 14.4. The lowest BCUT2D eigenvalue weighted by molar-refractivity contribution is -0.383. The number of nitrogens with one attached hydrogen (secondary N) is 1. The molecule has 1 aromatic rings. The zero-order valence-corrected chi connectivity index (χ0v) is 13.0. The monoisotopic (exact) mass is 320 g/mol. The average Bonchev–Trinajstić information content (AvgIpc) is 2.36. The van der Waals surface area contributed by atoms with Crippen LogP contribution in [0.15, 0.2) is 12.1 Å². The van der Waals surface area contributed by atoms with Crippen LogP contribution in [0.25, 0.3) is 0 Å². The molecule has 7 heteroatoms. The molecule has 0 radical (unpaired) electrons. The predicted octanol–water partition coefficient (Wildman–Crippen LogP) is 4.52. The van der Waals surface area contributed by atoms with Gasteiger partial charge in [0.2, 0.25) is 0 Å². The van der Waals surface area contributed by atoms with Crippen LogP contribution < -0.4 is 5.32 Å². The number of halogens is 2. The van der Waals surface area contributed by atoms with Gasteiger partial charge in [-0.15, -0.1) is 0 Å². The molecule has 0 aliphatic carbocycles. The standard InChI is InChI=1S/C13H18Cl2N2O3/c1-9(2)20-6-4-3-5-16-12-7-10(14)11(15)8-13(12)17(18)19/h7-9,16H,3-6H2,1-2H3. The molecule has 0 atom stereocenters. The maximum absolute atomic E-state index is 10.9. The molecule has 0 aliphatic heterocycles. The van der Waals surface area contributed by atoms with E-state index in [9.17, 15) is 10.1 Å². The summed E-state index contributed by atoms with van der Waals surface area (Å²) >= 11 is 11.7. The zero-order valence-electron chi connectivity index (χ0n) is 11.5. The van der Waals surface area contributed by atoms with Gasteiger partial charge in [0, 0.05) is 19.2 Å². The largest absolute Gasteiger partial charge is 0.379 e. The second-order valence-electron chi connectivity index (χ2n) is 4.59. The Morgan fingerprint density at radius 1 is 1.30 bits per heavy atom. The molecule has 20 heavy (non-hydrogen) atoms. The van der Waals surface area contributed by atoms with Gasteiger partial charge < -0.3 is 10.1 Å². The van der Waals surface area contributed by atoms with Crippen molar-refractivity contribution in [3.63, 3.8) is 0 Å². The SMILES string of the molecule is CC(C)OCCCCNc1cc(Cl)c(Cl)cc1[N+](=O)[O-]. The summed E-state index contributed by atoms with van der Waals surface area (Å²) in [5.41, 5.74) is 0.312. The maximum atomic E-state index is 10.9. The highest BCUT2D eigenvalue weighted by Gasteiger charge is 2.16. The Morgan fingerprint density at radius 2 is 1.95 bits per heavy atom. The highest BCUT2D eigenvalue weighted by Crippen LogP contribution is 2.33. The third-order valence-electron chi connectivity index (χ3n) is 2.57.